The van der Waals surface area contributed by atoms with E-state index in [0.29, 0.717) is 25.9 Å². The number of hydrogen-bond donors (Lipinski definition) is 1. The van der Waals surface area contributed by atoms with Gasteiger partial charge >= 0.3 is 0 Å². The fourth-order valence-corrected chi connectivity index (χ4v) is 0.595. The van der Waals surface area contributed by atoms with Crippen LogP contribution in [0.1, 0.15) is 20.8 Å². The molecular formula is C8H19NO2. The largest absolute Gasteiger partial charge is 0.356 e. The SMILES string of the molecule is CCOCOC(C)[C@@H](C)CN. The summed E-state index contributed by atoms with van der Waals surface area (Å²) in [4.78, 5) is 0. The molecule has 0 fully saturated rings. The highest BCUT2D eigenvalue weighted by atomic mass is 16.7. The van der Waals surface area contributed by atoms with Crippen molar-refractivity contribution in [2.45, 2.75) is 26.9 Å². The molecule has 0 bridgehead atoms. The second kappa shape index (κ2) is 6.58. The zero-order chi connectivity index (χ0) is 8.69. The number of hydrogen-bond acceptors (Lipinski definition) is 3. The summed E-state index contributed by atoms with van der Waals surface area (Å²) < 4.78 is 10.4. The van der Waals surface area contributed by atoms with E-state index in [0.717, 1.165) is 0 Å². The lowest BCUT2D eigenvalue weighted by molar-refractivity contribution is -0.0938. The van der Waals surface area contributed by atoms with Crippen LogP contribution in [0.2, 0.25) is 0 Å². The molecule has 2 N–H and O–H groups in total. The van der Waals surface area contributed by atoms with Crippen LogP contribution in [-0.2, 0) is 9.47 Å². The summed E-state index contributed by atoms with van der Waals surface area (Å²) in [5, 5.41) is 0. The third-order valence-electron chi connectivity index (χ3n) is 1.79. The third-order valence-corrected chi connectivity index (χ3v) is 1.79. The van der Waals surface area contributed by atoms with Crippen molar-refractivity contribution in [2.24, 2.45) is 11.7 Å². The molecule has 2 atom stereocenters. The Morgan fingerprint density at radius 3 is 2.45 bits per heavy atom. The molecule has 0 saturated carbocycles. The molecule has 0 rings (SSSR count). The van der Waals surface area contributed by atoms with Crippen LogP contribution in [0.5, 0.6) is 0 Å². The Morgan fingerprint density at radius 2 is 2.00 bits per heavy atom. The smallest absolute Gasteiger partial charge is 0.147 e. The lowest BCUT2D eigenvalue weighted by Gasteiger charge is -2.18. The molecule has 0 saturated heterocycles. The van der Waals surface area contributed by atoms with Gasteiger partial charge in [-0.1, -0.05) is 6.92 Å². The first-order chi connectivity index (χ1) is 5.22. The fourth-order valence-electron chi connectivity index (χ4n) is 0.595. The van der Waals surface area contributed by atoms with Crippen molar-refractivity contribution in [1.29, 1.82) is 0 Å². The highest BCUT2D eigenvalue weighted by Crippen LogP contribution is 2.04. The van der Waals surface area contributed by atoms with Gasteiger partial charge in [0.1, 0.15) is 6.79 Å². The molecule has 68 valence electrons. The molecule has 3 nitrogen and oxygen atoms in total. The maximum atomic E-state index is 5.46. The molecule has 0 spiro atoms. The minimum absolute atomic E-state index is 0.187. The van der Waals surface area contributed by atoms with Gasteiger partial charge in [-0.3, -0.25) is 0 Å². The maximum absolute atomic E-state index is 5.46. The lowest BCUT2D eigenvalue weighted by Crippen LogP contribution is -2.26. The monoisotopic (exact) mass is 161 g/mol. The first-order valence-corrected chi connectivity index (χ1v) is 4.11. The van der Waals surface area contributed by atoms with Crippen molar-refractivity contribution < 1.29 is 9.47 Å². The highest BCUT2D eigenvalue weighted by molar-refractivity contribution is 4.60. The van der Waals surface area contributed by atoms with Crippen LogP contribution in [0.15, 0.2) is 0 Å². The van der Waals surface area contributed by atoms with E-state index in [9.17, 15) is 0 Å². The Kier molecular flexibility index (Phi) is 6.51. The average Bonchev–Trinajstić information content (AvgIpc) is 2.03. The van der Waals surface area contributed by atoms with Crippen LogP contribution in [0.25, 0.3) is 0 Å². The predicted octanol–water partition coefficient (Wildman–Crippen LogP) is 0.980. The second-order valence-electron chi connectivity index (χ2n) is 2.70. The molecule has 0 aliphatic heterocycles. The van der Waals surface area contributed by atoms with Crippen LogP contribution in [0.3, 0.4) is 0 Å². The van der Waals surface area contributed by atoms with E-state index < -0.39 is 0 Å². The fraction of sp³-hybridized carbons (Fsp3) is 1.00. The van der Waals surface area contributed by atoms with Crippen LogP contribution in [0, 0.1) is 5.92 Å². The van der Waals surface area contributed by atoms with Crippen LogP contribution in [-0.4, -0.2) is 26.0 Å². The Bertz CT molecular complexity index is 88.2. The van der Waals surface area contributed by atoms with E-state index in [1.165, 1.54) is 0 Å². The van der Waals surface area contributed by atoms with Gasteiger partial charge in [-0.25, -0.2) is 0 Å². The Labute approximate surface area is 68.9 Å². The standard InChI is InChI=1S/C8H19NO2/c1-4-10-6-11-8(3)7(2)5-9/h7-8H,4-6,9H2,1-3H3/t7-,8?/m0/s1. The van der Waals surface area contributed by atoms with E-state index in [4.69, 9.17) is 15.2 Å². The third kappa shape index (κ3) is 5.18. The molecule has 0 aliphatic carbocycles. The first kappa shape index (κ1) is 10.9. The molecule has 0 amide bonds. The molecule has 0 aromatic rings. The summed E-state index contributed by atoms with van der Waals surface area (Å²) in [5.74, 6) is 0.399. The van der Waals surface area contributed by atoms with Gasteiger partial charge in [-0.15, -0.1) is 0 Å². The average molecular weight is 161 g/mol. The summed E-state index contributed by atoms with van der Waals surface area (Å²) in [6.45, 7) is 7.76. The molecule has 11 heavy (non-hydrogen) atoms. The van der Waals surface area contributed by atoms with E-state index in [2.05, 4.69) is 6.92 Å². The van der Waals surface area contributed by atoms with Gasteiger partial charge in [0.2, 0.25) is 0 Å². The van der Waals surface area contributed by atoms with E-state index in [1.807, 2.05) is 13.8 Å². The molecule has 0 aliphatic rings. The van der Waals surface area contributed by atoms with Crippen molar-refractivity contribution in [3.63, 3.8) is 0 Å². The van der Waals surface area contributed by atoms with Crippen molar-refractivity contribution >= 4 is 0 Å². The number of ether oxygens (including phenoxy) is 2. The molecule has 0 radical (unpaired) electrons. The quantitative estimate of drug-likeness (QED) is 0.466. The van der Waals surface area contributed by atoms with Gasteiger partial charge in [0, 0.05) is 6.61 Å². The van der Waals surface area contributed by atoms with Gasteiger partial charge in [0.25, 0.3) is 0 Å². The van der Waals surface area contributed by atoms with Crippen molar-refractivity contribution in [3.05, 3.63) is 0 Å². The van der Waals surface area contributed by atoms with Gasteiger partial charge in [0.15, 0.2) is 0 Å². The lowest BCUT2D eigenvalue weighted by atomic mass is 10.1. The first-order valence-electron chi connectivity index (χ1n) is 4.11. The zero-order valence-electron chi connectivity index (χ0n) is 7.67. The molecule has 0 heterocycles. The van der Waals surface area contributed by atoms with Crippen LogP contribution < -0.4 is 5.73 Å². The van der Waals surface area contributed by atoms with Crippen LogP contribution in [0.4, 0.5) is 0 Å². The van der Waals surface area contributed by atoms with Gasteiger partial charge in [-0.2, -0.15) is 0 Å². The molecule has 1 unspecified atom stereocenters. The molecule has 3 heteroatoms. The summed E-state index contributed by atoms with van der Waals surface area (Å²) >= 11 is 0. The minimum atomic E-state index is 0.187. The summed E-state index contributed by atoms with van der Waals surface area (Å²) in [6.07, 6.45) is 0.187. The van der Waals surface area contributed by atoms with Crippen LogP contribution >= 0.6 is 0 Å². The van der Waals surface area contributed by atoms with E-state index in [1.54, 1.807) is 0 Å². The normalized spacial score (nSPS) is 16.4. The summed E-state index contributed by atoms with van der Waals surface area (Å²) in [7, 11) is 0. The molecule has 0 aromatic carbocycles. The molecular weight excluding hydrogens is 142 g/mol. The Hall–Kier alpha value is -0.120. The summed E-state index contributed by atoms with van der Waals surface area (Å²) in [5.41, 5.74) is 5.46. The van der Waals surface area contributed by atoms with E-state index >= 15 is 0 Å². The number of nitrogens with two attached hydrogens (primary N) is 1. The maximum Gasteiger partial charge on any atom is 0.147 e. The van der Waals surface area contributed by atoms with Gasteiger partial charge < -0.3 is 15.2 Å². The highest BCUT2D eigenvalue weighted by Gasteiger charge is 2.09. The number of rotatable bonds is 6. The van der Waals surface area contributed by atoms with Gasteiger partial charge in [-0.05, 0) is 26.3 Å². The van der Waals surface area contributed by atoms with E-state index in [-0.39, 0.29) is 6.10 Å². The Morgan fingerprint density at radius 1 is 1.36 bits per heavy atom. The Balaban J connectivity index is 3.28. The second-order valence-corrected chi connectivity index (χ2v) is 2.70. The zero-order valence-corrected chi connectivity index (χ0v) is 7.67. The van der Waals surface area contributed by atoms with Crippen molar-refractivity contribution in [2.75, 3.05) is 19.9 Å². The topological polar surface area (TPSA) is 44.5 Å². The summed E-state index contributed by atoms with van der Waals surface area (Å²) in [6, 6.07) is 0. The van der Waals surface area contributed by atoms with Crippen molar-refractivity contribution in [3.8, 4) is 0 Å². The van der Waals surface area contributed by atoms with Crippen molar-refractivity contribution in [1.82, 2.24) is 0 Å². The van der Waals surface area contributed by atoms with Gasteiger partial charge in [0.05, 0.1) is 6.10 Å². The minimum Gasteiger partial charge on any atom is -0.356 e. The molecule has 0 aromatic heterocycles. The predicted molar refractivity (Wildman–Crippen MR) is 45.3 cm³/mol.